The SMILES string of the molecule is COCCN1C[C@H](COC)C2(CCN(C(=O)c3ccccc3F)CC2)C1. The Morgan fingerprint density at radius 1 is 1.23 bits per heavy atom. The standard InChI is InChI=1S/C20H29FN2O3/c1-25-12-11-22-13-16(14-26-2)20(15-22)7-9-23(10-8-20)19(24)17-5-3-4-6-18(17)21/h3-6,16H,7-15H2,1-2H3/t16-/m1/s1. The van der Waals surface area contributed by atoms with E-state index in [0.29, 0.717) is 19.0 Å². The van der Waals surface area contributed by atoms with Crippen LogP contribution in [0.1, 0.15) is 23.2 Å². The Morgan fingerprint density at radius 2 is 1.96 bits per heavy atom. The molecule has 3 rings (SSSR count). The first kappa shape index (κ1) is 19.3. The highest BCUT2D eigenvalue weighted by Crippen LogP contribution is 2.45. The number of rotatable bonds is 6. The van der Waals surface area contributed by atoms with Crippen molar-refractivity contribution in [3.63, 3.8) is 0 Å². The van der Waals surface area contributed by atoms with Gasteiger partial charge in [0.25, 0.3) is 5.91 Å². The summed E-state index contributed by atoms with van der Waals surface area (Å²) in [7, 11) is 3.48. The maximum atomic E-state index is 13.9. The van der Waals surface area contributed by atoms with Gasteiger partial charge in [-0.3, -0.25) is 4.79 Å². The second-order valence-corrected chi connectivity index (χ2v) is 7.51. The molecule has 1 amide bonds. The Balaban J connectivity index is 1.65. The van der Waals surface area contributed by atoms with E-state index in [9.17, 15) is 9.18 Å². The van der Waals surface area contributed by atoms with Gasteiger partial charge in [-0.1, -0.05) is 12.1 Å². The van der Waals surface area contributed by atoms with Crippen molar-refractivity contribution in [2.45, 2.75) is 12.8 Å². The number of benzene rings is 1. The highest BCUT2D eigenvalue weighted by Gasteiger charge is 2.48. The van der Waals surface area contributed by atoms with Crippen LogP contribution in [0.3, 0.4) is 0 Å². The minimum Gasteiger partial charge on any atom is -0.384 e. The lowest BCUT2D eigenvalue weighted by atomic mass is 9.71. The van der Waals surface area contributed by atoms with Crippen molar-refractivity contribution in [1.29, 1.82) is 0 Å². The van der Waals surface area contributed by atoms with Gasteiger partial charge in [0, 0.05) is 52.9 Å². The van der Waals surface area contributed by atoms with Crippen LogP contribution >= 0.6 is 0 Å². The average molecular weight is 364 g/mol. The predicted octanol–water partition coefficient (Wildman–Crippen LogP) is 2.27. The van der Waals surface area contributed by atoms with Gasteiger partial charge < -0.3 is 19.3 Å². The molecule has 2 fully saturated rings. The van der Waals surface area contributed by atoms with Crippen LogP contribution in [0.4, 0.5) is 4.39 Å². The van der Waals surface area contributed by atoms with Gasteiger partial charge in [-0.15, -0.1) is 0 Å². The van der Waals surface area contributed by atoms with Crippen LogP contribution in [0, 0.1) is 17.2 Å². The number of ether oxygens (including phenoxy) is 2. The van der Waals surface area contributed by atoms with Gasteiger partial charge >= 0.3 is 0 Å². The third-order valence-electron chi connectivity index (χ3n) is 6.01. The number of hydrogen-bond donors (Lipinski definition) is 0. The van der Waals surface area contributed by atoms with Crippen LogP contribution in [0.15, 0.2) is 24.3 Å². The molecule has 1 atom stereocenters. The molecule has 2 heterocycles. The average Bonchev–Trinajstić information content (AvgIpc) is 2.98. The third-order valence-corrected chi connectivity index (χ3v) is 6.01. The number of piperidine rings is 1. The van der Waals surface area contributed by atoms with Gasteiger partial charge in [-0.05, 0) is 30.4 Å². The third kappa shape index (κ3) is 3.92. The molecular formula is C20H29FN2O3. The lowest BCUT2D eigenvalue weighted by Gasteiger charge is -2.42. The van der Waals surface area contributed by atoms with Crippen LogP contribution < -0.4 is 0 Å². The minimum atomic E-state index is -0.443. The van der Waals surface area contributed by atoms with Gasteiger partial charge in [0.05, 0.1) is 18.8 Å². The zero-order valence-electron chi connectivity index (χ0n) is 15.7. The fourth-order valence-corrected chi connectivity index (χ4v) is 4.49. The second kappa shape index (κ2) is 8.46. The minimum absolute atomic E-state index is 0.171. The van der Waals surface area contributed by atoms with E-state index < -0.39 is 5.82 Å². The normalized spacial score (nSPS) is 22.9. The fourth-order valence-electron chi connectivity index (χ4n) is 4.49. The van der Waals surface area contributed by atoms with E-state index in [1.165, 1.54) is 6.07 Å². The summed E-state index contributed by atoms with van der Waals surface area (Å²) in [6, 6.07) is 6.23. The van der Waals surface area contributed by atoms with Gasteiger partial charge in [0.1, 0.15) is 5.82 Å². The lowest BCUT2D eigenvalue weighted by molar-refractivity contribution is 0.0318. The molecule has 1 spiro atoms. The highest BCUT2D eigenvalue weighted by molar-refractivity contribution is 5.94. The van der Waals surface area contributed by atoms with E-state index in [4.69, 9.17) is 9.47 Å². The maximum Gasteiger partial charge on any atom is 0.256 e. The van der Waals surface area contributed by atoms with E-state index in [1.807, 2.05) is 0 Å². The Bertz CT molecular complexity index is 617. The molecule has 2 aliphatic heterocycles. The molecule has 0 radical (unpaired) electrons. The zero-order chi connectivity index (χ0) is 18.6. The summed E-state index contributed by atoms with van der Waals surface area (Å²) in [5.74, 6) is -0.174. The Morgan fingerprint density at radius 3 is 2.62 bits per heavy atom. The van der Waals surface area contributed by atoms with Crippen molar-refractivity contribution in [2.24, 2.45) is 11.3 Å². The molecule has 1 aromatic rings. The Labute approximate surface area is 155 Å². The molecule has 0 unspecified atom stereocenters. The van der Waals surface area contributed by atoms with E-state index in [1.54, 1.807) is 37.3 Å². The first-order valence-electron chi connectivity index (χ1n) is 9.33. The van der Waals surface area contributed by atoms with Crippen LogP contribution in [0.25, 0.3) is 0 Å². The topological polar surface area (TPSA) is 42.0 Å². The summed E-state index contributed by atoms with van der Waals surface area (Å²) in [6.45, 7) is 5.77. The van der Waals surface area contributed by atoms with E-state index >= 15 is 0 Å². The summed E-state index contributed by atoms with van der Waals surface area (Å²) in [4.78, 5) is 16.9. The van der Waals surface area contributed by atoms with Gasteiger partial charge in [0.2, 0.25) is 0 Å². The number of likely N-dealkylation sites (tertiary alicyclic amines) is 2. The molecule has 0 N–H and O–H groups in total. The second-order valence-electron chi connectivity index (χ2n) is 7.51. The summed E-state index contributed by atoms with van der Waals surface area (Å²) in [5, 5.41) is 0. The maximum absolute atomic E-state index is 13.9. The first-order chi connectivity index (χ1) is 12.6. The van der Waals surface area contributed by atoms with Crippen molar-refractivity contribution >= 4 is 5.91 Å². The molecule has 5 nitrogen and oxygen atoms in total. The monoisotopic (exact) mass is 364 g/mol. The zero-order valence-corrected chi connectivity index (χ0v) is 15.7. The molecule has 2 saturated heterocycles. The number of nitrogens with zero attached hydrogens (tertiary/aromatic N) is 2. The van der Waals surface area contributed by atoms with Crippen molar-refractivity contribution in [1.82, 2.24) is 9.80 Å². The van der Waals surface area contributed by atoms with Crippen molar-refractivity contribution in [3.8, 4) is 0 Å². The van der Waals surface area contributed by atoms with E-state index in [-0.39, 0.29) is 16.9 Å². The molecule has 2 aliphatic rings. The van der Waals surface area contributed by atoms with Crippen LogP contribution in [0.2, 0.25) is 0 Å². The number of halogens is 1. The van der Waals surface area contributed by atoms with Crippen molar-refractivity contribution in [3.05, 3.63) is 35.6 Å². The smallest absolute Gasteiger partial charge is 0.256 e. The van der Waals surface area contributed by atoms with Crippen molar-refractivity contribution < 1.29 is 18.7 Å². The van der Waals surface area contributed by atoms with E-state index in [0.717, 1.165) is 45.7 Å². The Kier molecular flexibility index (Phi) is 6.27. The summed E-state index contributed by atoms with van der Waals surface area (Å²) >= 11 is 0. The predicted molar refractivity (Wildman–Crippen MR) is 97.7 cm³/mol. The number of methoxy groups -OCH3 is 2. The number of amides is 1. The van der Waals surface area contributed by atoms with Crippen LogP contribution in [-0.2, 0) is 9.47 Å². The summed E-state index contributed by atoms with van der Waals surface area (Å²) in [5.41, 5.74) is 0.348. The quantitative estimate of drug-likeness (QED) is 0.777. The molecular weight excluding hydrogens is 335 g/mol. The first-order valence-corrected chi connectivity index (χ1v) is 9.33. The highest BCUT2D eigenvalue weighted by atomic mass is 19.1. The Hall–Kier alpha value is -1.50. The molecule has 0 bridgehead atoms. The largest absolute Gasteiger partial charge is 0.384 e. The van der Waals surface area contributed by atoms with E-state index in [2.05, 4.69) is 4.90 Å². The molecule has 0 aliphatic carbocycles. The van der Waals surface area contributed by atoms with Gasteiger partial charge in [-0.25, -0.2) is 4.39 Å². The number of carbonyl (C=O) groups is 1. The van der Waals surface area contributed by atoms with Gasteiger partial charge in [0.15, 0.2) is 0 Å². The van der Waals surface area contributed by atoms with Crippen molar-refractivity contribution in [2.75, 3.05) is 60.2 Å². The molecule has 0 saturated carbocycles. The number of carbonyl (C=O) groups excluding carboxylic acids is 1. The van der Waals surface area contributed by atoms with Gasteiger partial charge in [-0.2, -0.15) is 0 Å². The molecule has 1 aromatic carbocycles. The summed E-state index contributed by atoms with van der Waals surface area (Å²) in [6.07, 6.45) is 1.87. The van der Waals surface area contributed by atoms with Crippen LogP contribution in [0.5, 0.6) is 0 Å². The molecule has 26 heavy (non-hydrogen) atoms. The molecule has 144 valence electrons. The summed E-state index contributed by atoms with van der Waals surface area (Å²) < 4.78 is 24.6. The fraction of sp³-hybridized carbons (Fsp3) is 0.650. The molecule has 6 heteroatoms. The molecule has 0 aromatic heterocycles. The van der Waals surface area contributed by atoms with Crippen LogP contribution in [-0.4, -0.2) is 75.9 Å². The number of hydrogen-bond acceptors (Lipinski definition) is 4. The lowest BCUT2D eigenvalue weighted by Crippen LogP contribution is -2.47.